The van der Waals surface area contributed by atoms with Crippen molar-refractivity contribution < 1.29 is 14.3 Å². The number of nitrogens with zero attached hydrogens (tertiary/aromatic N) is 5. The molecule has 0 fully saturated rings. The number of amides is 1. The summed E-state index contributed by atoms with van der Waals surface area (Å²) in [5, 5.41) is 20.4. The minimum Gasteiger partial charge on any atom is -0.388 e. The summed E-state index contributed by atoms with van der Waals surface area (Å²) in [5.41, 5.74) is 1.80. The van der Waals surface area contributed by atoms with E-state index in [1.54, 1.807) is 13.8 Å². The van der Waals surface area contributed by atoms with E-state index < -0.39 is 24.0 Å². The molecule has 9 nitrogen and oxygen atoms in total. The standard InChI is InChI=1S/C21H22ClFN6O3/c1-5-27-17(9-30)26-29(21(27)32)16-7-12-13(6-15(16)23)20(31)28(8-14(12)10(2)3)18-11(4)24-25-19(18)22/h6-7,14,30H,2,5,8-9H2,1,3-4H3,(H,24,25)/t14-/m0/s1. The topological polar surface area (TPSA) is 109 Å². The molecule has 1 aliphatic heterocycles. The highest BCUT2D eigenvalue weighted by Crippen LogP contribution is 2.39. The van der Waals surface area contributed by atoms with Gasteiger partial charge in [0, 0.05) is 24.6 Å². The second kappa shape index (κ2) is 8.03. The van der Waals surface area contributed by atoms with Crippen molar-refractivity contribution in [3.63, 3.8) is 0 Å². The summed E-state index contributed by atoms with van der Waals surface area (Å²) in [7, 11) is 0. The molecule has 4 rings (SSSR count). The van der Waals surface area contributed by atoms with Crippen LogP contribution in [-0.2, 0) is 13.2 Å². The number of fused-ring (bicyclic) bond motifs is 1. The Morgan fingerprint density at radius 2 is 2.12 bits per heavy atom. The van der Waals surface area contributed by atoms with E-state index in [0.29, 0.717) is 16.9 Å². The van der Waals surface area contributed by atoms with E-state index >= 15 is 4.39 Å². The number of hydrogen-bond acceptors (Lipinski definition) is 5. The molecule has 0 aliphatic carbocycles. The van der Waals surface area contributed by atoms with Crippen LogP contribution in [-0.4, -0.2) is 42.1 Å². The minimum atomic E-state index is -0.790. The van der Waals surface area contributed by atoms with Crippen molar-refractivity contribution in [3.05, 3.63) is 68.4 Å². The lowest BCUT2D eigenvalue weighted by atomic mass is 9.84. The Hall–Kier alpha value is -3.24. The van der Waals surface area contributed by atoms with Gasteiger partial charge in [-0.3, -0.25) is 14.5 Å². The van der Waals surface area contributed by atoms with Crippen LogP contribution in [0.1, 0.15) is 47.2 Å². The zero-order valence-electron chi connectivity index (χ0n) is 17.8. The average Bonchev–Trinajstić information content (AvgIpc) is 3.26. The highest BCUT2D eigenvalue weighted by molar-refractivity contribution is 6.33. The number of aromatic nitrogens is 5. The summed E-state index contributed by atoms with van der Waals surface area (Å²) in [6, 6.07) is 2.56. The number of aliphatic hydroxyl groups excluding tert-OH is 1. The second-order valence-electron chi connectivity index (χ2n) is 7.71. The van der Waals surface area contributed by atoms with Crippen LogP contribution in [0.3, 0.4) is 0 Å². The Labute approximate surface area is 187 Å². The maximum absolute atomic E-state index is 15.2. The van der Waals surface area contributed by atoms with Gasteiger partial charge in [-0.2, -0.15) is 9.78 Å². The molecule has 0 unspecified atom stereocenters. The van der Waals surface area contributed by atoms with Crippen molar-refractivity contribution in [1.29, 1.82) is 0 Å². The highest BCUT2D eigenvalue weighted by Gasteiger charge is 2.36. The van der Waals surface area contributed by atoms with Crippen molar-refractivity contribution in [3.8, 4) is 5.69 Å². The average molecular weight is 461 g/mol. The molecule has 0 bridgehead atoms. The molecule has 2 N–H and O–H groups in total. The van der Waals surface area contributed by atoms with Crippen LogP contribution in [0.5, 0.6) is 0 Å². The van der Waals surface area contributed by atoms with Gasteiger partial charge in [0.05, 0.1) is 5.69 Å². The van der Waals surface area contributed by atoms with Gasteiger partial charge in [-0.25, -0.2) is 9.18 Å². The van der Waals surface area contributed by atoms with Gasteiger partial charge >= 0.3 is 5.69 Å². The molecule has 0 radical (unpaired) electrons. The number of H-pyrrole nitrogens is 1. The molecule has 0 spiro atoms. The van der Waals surface area contributed by atoms with Crippen molar-refractivity contribution in [2.45, 2.75) is 39.8 Å². The normalized spacial score (nSPS) is 15.9. The molecule has 11 heteroatoms. The lowest BCUT2D eigenvalue weighted by Gasteiger charge is -2.35. The third-order valence-electron chi connectivity index (χ3n) is 5.70. The monoisotopic (exact) mass is 460 g/mol. The van der Waals surface area contributed by atoms with Crippen molar-refractivity contribution in [2.75, 3.05) is 11.4 Å². The minimum absolute atomic E-state index is 0.0966. The smallest absolute Gasteiger partial charge is 0.350 e. The molecule has 168 valence electrons. The van der Waals surface area contributed by atoms with Crippen LogP contribution < -0.4 is 10.6 Å². The Morgan fingerprint density at radius 3 is 2.66 bits per heavy atom. The van der Waals surface area contributed by atoms with E-state index in [1.807, 2.05) is 6.92 Å². The fourth-order valence-electron chi connectivity index (χ4n) is 4.07. The second-order valence-corrected chi connectivity index (χ2v) is 8.06. The quantitative estimate of drug-likeness (QED) is 0.569. The summed E-state index contributed by atoms with van der Waals surface area (Å²) in [6.07, 6.45) is 0. The van der Waals surface area contributed by atoms with Crippen molar-refractivity contribution in [2.24, 2.45) is 0 Å². The Morgan fingerprint density at radius 1 is 1.41 bits per heavy atom. The first-order valence-corrected chi connectivity index (χ1v) is 10.4. The third kappa shape index (κ3) is 3.26. The Balaban J connectivity index is 1.91. The maximum Gasteiger partial charge on any atom is 0.350 e. The number of carbonyl (C=O) groups excluding carboxylic acids is 1. The van der Waals surface area contributed by atoms with Gasteiger partial charge in [0.1, 0.15) is 23.8 Å². The molecule has 0 saturated carbocycles. The fraction of sp³-hybridized carbons (Fsp3) is 0.333. The van der Waals surface area contributed by atoms with Crippen molar-refractivity contribution in [1.82, 2.24) is 24.5 Å². The Kier molecular flexibility index (Phi) is 5.51. The first-order chi connectivity index (χ1) is 15.2. The number of aliphatic hydroxyl groups is 1. The van der Waals surface area contributed by atoms with Gasteiger partial charge in [0.25, 0.3) is 5.91 Å². The van der Waals surface area contributed by atoms with Gasteiger partial charge in [0.2, 0.25) is 0 Å². The molecule has 1 aromatic carbocycles. The van der Waals surface area contributed by atoms with E-state index in [2.05, 4.69) is 21.9 Å². The fourth-order valence-corrected chi connectivity index (χ4v) is 4.36. The number of aromatic amines is 1. The number of aryl methyl sites for hydroxylation is 1. The lowest BCUT2D eigenvalue weighted by molar-refractivity contribution is 0.0977. The molecule has 2 aromatic heterocycles. The number of nitrogens with one attached hydrogen (secondary N) is 1. The maximum atomic E-state index is 15.2. The molecular weight excluding hydrogens is 439 g/mol. The van der Waals surface area contributed by atoms with Gasteiger partial charge in [-0.15, -0.1) is 5.10 Å². The summed E-state index contributed by atoms with van der Waals surface area (Å²) in [6.45, 7) is 9.36. The number of carbonyl (C=O) groups is 1. The molecule has 1 aliphatic rings. The van der Waals surface area contributed by atoms with E-state index in [0.717, 1.165) is 16.3 Å². The predicted octanol–water partition coefficient (Wildman–Crippen LogP) is 2.69. The van der Waals surface area contributed by atoms with E-state index in [9.17, 15) is 14.7 Å². The number of rotatable bonds is 5. The van der Waals surface area contributed by atoms with E-state index in [1.165, 1.54) is 15.5 Å². The van der Waals surface area contributed by atoms with Crippen LogP contribution in [0.4, 0.5) is 10.1 Å². The van der Waals surface area contributed by atoms with Crippen LogP contribution in [0.15, 0.2) is 29.1 Å². The van der Waals surface area contributed by atoms with Gasteiger partial charge in [0.15, 0.2) is 11.0 Å². The van der Waals surface area contributed by atoms with Gasteiger partial charge < -0.3 is 10.0 Å². The van der Waals surface area contributed by atoms with E-state index in [-0.39, 0.29) is 41.2 Å². The number of hydrogen-bond donors (Lipinski definition) is 2. The largest absolute Gasteiger partial charge is 0.388 e. The highest BCUT2D eigenvalue weighted by atomic mass is 35.5. The van der Waals surface area contributed by atoms with Gasteiger partial charge in [-0.1, -0.05) is 23.8 Å². The summed E-state index contributed by atoms with van der Waals surface area (Å²) >= 11 is 6.19. The molecule has 3 heterocycles. The van der Waals surface area contributed by atoms with Crippen LogP contribution in [0.25, 0.3) is 5.69 Å². The first kappa shape index (κ1) is 22.0. The number of halogens is 2. The van der Waals surface area contributed by atoms with Gasteiger partial charge in [-0.05, 0) is 38.5 Å². The molecule has 3 aromatic rings. The predicted molar refractivity (Wildman–Crippen MR) is 117 cm³/mol. The molecule has 0 saturated heterocycles. The molecule has 1 amide bonds. The van der Waals surface area contributed by atoms with Crippen molar-refractivity contribution >= 4 is 23.2 Å². The van der Waals surface area contributed by atoms with Crippen LogP contribution in [0, 0.1) is 12.7 Å². The lowest BCUT2D eigenvalue weighted by Crippen LogP contribution is -2.41. The molecular formula is C21H22ClFN6O3. The zero-order valence-corrected chi connectivity index (χ0v) is 18.6. The van der Waals surface area contributed by atoms with E-state index in [4.69, 9.17) is 11.6 Å². The summed E-state index contributed by atoms with van der Waals surface area (Å²) in [4.78, 5) is 27.5. The summed E-state index contributed by atoms with van der Waals surface area (Å²) < 4.78 is 17.4. The number of anilines is 1. The SMILES string of the molecule is C=C(C)[C@@H]1CN(c2c(Cl)n[nH]c2C)C(=O)c2cc(F)c(-n3nc(CO)n(CC)c3=O)cc21. The molecule has 1 atom stereocenters. The van der Waals surface area contributed by atoms with Crippen LogP contribution >= 0.6 is 11.6 Å². The van der Waals surface area contributed by atoms with Crippen LogP contribution in [0.2, 0.25) is 5.15 Å². The summed E-state index contributed by atoms with van der Waals surface area (Å²) in [5.74, 6) is -1.44. The first-order valence-electron chi connectivity index (χ1n) is 10.0. The number of benzene rings is 1. The molecule has 32 heavy (non-hydrogen) atoms. The third-order valence-corrected chi connectivity index (χ3v) is 5.96. The zero-order chi connectivity index (χ0) is 23.3. The Bertz CT molecular complexity index is 1290.